The van der Waals surface area contributed by atoms with Crippen LogP contribution in [0.1, 0.15) is 47.0 Å². The minimum atomic E-state index is -1.46. The Balaban J connectivity index is 1.91. The van der Waals surface area contributed by atoms with Gasteiger partial charge in [-0.2, -0.15) is 4.91 Å². The summed E-state index contributed by atoms with van der Waals surface area (Å²) in [4.78, 5) is 25.5. The first-order valence-corrected chi connectivity index (χ1v) is 15.6. The number of likely N-dealkylation sites (N-methyl/N-ethyl adjacent to an activating group) is 1. The van der Waals surface area contributed by atoms with E-state index >= 15 is 0 Å². The average molecular weight is 630 g/mol. The third-order valence-electron chi connectivity index (χ3n) is 9.32. The van der Waals surface area contributed by atoms with Gasteiger partial charge < -0.3 is 62.7 Å². The van der Waals surface area contributed by atoms with E-state index < -0.39 is 72.3 Å². The van der Waals surface area contributed by atoms with Crippen molar-refractivity contribution >= 4 is 5.91 Å². The summed E-state index contributed by atoms with van der Waals surface area (Å²) in [5.41, 5.74) is 16.5. The molecule has 0 aromatic heterocycles. The van der Waals surface area contributed by atoms with Crippen LogP contribution in [0.15, 0.2) is 17.0 Å². The van der Waals surface area contributed by atoms with Crippen LogP contribution >= 0.6 is 0 Å². The molecular formula is C29H55N7O8. The average Bonchev–Trinajstić information content (AvgIpc) is 2.99. The first-order valence-electron chi connectivity index (χ1n) is 15.6. The van der Waals surface area contributed by atoms with Crippen molar-refractivity contribution in [2.45, 2.75) is 107 Å². The molecule has 254 valence electrons. The summed E-state index contributed by atoms with van der Waals surface area (Å²) in [6.07, 6.45) is -2.27. The predicted octanol–water partition coefficient (Wildman–Crippen LogP) is -2.01. The van der Waals surface area contributed by atoms with Gasteiger partial charge in [-0.1, -0.05) is 32.4 Å². The van der Waals surface area contributed by atoms with E-state index in [2.05, 4.69) is 35.0 Å². The molecule has 0 bridgehead atoms. The summed E-state index contributed by atoms with van der Waals surface area (Å²) in [6, 6.07) is -3.10. The Morgan fingerprint density at radius 3 is 2.64 bits per heavy atom. The smallest absolute Gasteiger partial charge is 0.250 e. The lowest BCUT2D eigenvalue weighted by molar-refractivity contribution is -0.289. The second kappa shape index (κ2) is 15.7. The van der Waals surface area contributed by atoms with E-state index in [1.165, 1.54) is 6.92 Å². The van der Waals surface area contributed by atoms with E-state index in [0.717, 1.165) is 0 Å². The highest BCUT2D eigenvalue weighted by atomic mass is 16.7. The predicted molar refractivity (Wildman–Crippen MR) is 164 cm³/mol. The molecule has 1 saturated heterocycles. The number of hydrogen-bond acceptors (Lipinski definition) is 14. The van der Waals surface area contributed by atoms with Gasteiger partial charge in [-0.3, -0.25) is 4.79 Å². The van der Waals surface area contributed by atoms with Gasteiger partial charge in [0, 0.05) is 25.0 Å². The normalized spacial score (nSPS) is 38.8. The van der Waals surface area contributed by atoms with Gasteiger partial charge in [0.25, 0.3) is 0 Å². The molecule has 15 nitrogen and oxygen atoms in total. The first kappa shape index (κ1) is 36.7. The van der Waals surface area contributed by atoms with E-state index in [1.54, 1.807) is 7.05 Å². The Morgan fingerprint density at radius 2 is 2.05 bits per heavy atom. The zero-order valence-electron chi connectivity index (χ0n) is 26.6. The number of ether oxygens (including phenoxy) is 3. The zero-order chi connectivity index (χ0) is 32.8. The third-order valence-corrected chi connectivity index (χ3v) is 9.32. The van der Waals surface area contributed by atoms with Crippen molar-refractivity contribution in [3.8, 4) is 0 Å². The van der Waals surface area contributed by atoms with Gasteiger partial charge in [0.05, 0.1) is 25.2 Å². The lowest BCUT2D eigenvalue weighted by Crippen LogP contribution is -2.68. The molecule has 3 rings (SSSR count). The molecule has 2 fully saturated rings. The minimum absolute atomic E-state index is 0.0960. The number of aliphatic hydroxyl groups is 3. The maximum Gasteiger partial charge on any atom is 0.250 e. The van der Waals surface area contributed by atoms with E-state index in [4.69, 9.17) is 31.4 Å². The van der Waals surface area contributed by atoms with Crippen molar-refractivity contribution in [1.82, 2.24) is 16.0 Å². The van der Waals surface area contributed by atoms with Crippen molar-refractivity contribution in [3.05, 3.63) is 16.7 Å². The standard InChI is InChI=1S/C29H55N7O8/c1-6-15-9-18(35-26(39)19(37)10-30)24(44-27-22(38)25(33-5)29(4,40)14-42-27)21(36-41)20(15)23-17(32)8-7-16(43-23)11-34-13-28(2,3)12-31/h7,15,17-25,27,33-34,37-38,40H,6,8-14,30-32H2,1-5H3,(H,35,39). The fourth-order valence-corrected chi connectivity index (χ4v) is 6.59. The highest BCUT2D eigenvalue weighted by Gasteiger charge is 2.55. The number of nitrogens with zero attached hydrogens (tertiary/aromatic N) is 1. The molecule has 0 aromatic rings. The van der Waals surface area contributed by atoms with Crippen LogP contribution in [0.2, 0.25) is 0 Å². The van der Waals surface area contributed by atoms with Gasteiger partial charge >= 0.3 is 0 Å². The molecule has 12 atom stereocenters. The van der Waals surface area contributed by atoms with Crippen LogP contribution in [0.25, 0.3) is 0 Å². The van der Waals surface area contributed by atoms with Crippen molar-refractivity contribution in [2.75, 3.05) is 39.8 Å². The molecule has 12 N–H and O–H groups in total. The number of hydrogen-bond donors (Lipinski definition) is 9. The Morgan fingerprint density at radius 1 is 1.34 bits per heavy atom. The molecule has 0 aromatic carbocycles. The minimum Gasteiger partial charge on any atom is -0.492 e. The van der Waals surface area contributed by atoms with Gasteiger partial charge in [-0.15, -0.1) is 0 Å². The highest BCUT2D eigenvalue weighted by molar-refractivity contribution is 5.81. The Kier molecular flexibility index (Phi) is 13.1. The van der Waals surface area contributed by atoms with Crippen LogP contribution in [0.5, 0.6) is 0 Å². The van der Waals surface area contributed by atoms with Gasteiger partial charge in [0.1, 0.15) is 41.8 Å². The Bertz CT molecular complexity index is 985. The van der Waals surface area contributed by atoms with Crippen LogP contribution in [-0.4, -0.2) is 122 Å². The second-order valence-electron chi connectivity index (χ2n) is 13.5. The molecule has 15 heteroatoms. The maximum absolute atomic E-state index is 12.8. The fraction of sp³-hybridized carbons (Fsp3) is 0.897. The summed E-state index contributed by atoms with van der Waals surface area (Å²) < 4.78 is 18.5. The van der Waals surface area contributed by atoms with Gasteiger partial charge in [0.2, 0.25) is 5.91 Å². The number of nitrogens with two attached hydrogens (primary N) is 3. The fourth-order valence-electron chi connectivity index (χ4n) is 6.59. The number of amides is 1. The maximum atomic E-state index is 12.8. The molecular weight excluding hydrogens is 574 g/mol. The number of rotatable bonds is 14. The zero-order valence-corrected chi connectivity index (χ0v) is 26.6. The van der Waals surface area contributed by atoms with Crippen LogP contribution < -0.4 is 33.2 Å². The largest absolute Gasteiger partial charge is 0.492 e. The van der Waals surface area contributed by atoms with Gasteiger partial charge in [-0.25, -0.2) is 0 Å². The van der Waals surface area contributed by atoms with E-state index in [-0.39, 0.29) is 24.5 Å². The molecule has 2 heterocycles. The van der Waals surface area contributed by atoms with E-state index in [0.29, 0.717) is 44.7 Å². The number of carbonyl (C=O) groups is 1. The second-order valence-corrected chi connectivity index (χ2v) is 13.5. The number of nitrogens with one attached hydrogen (secondary N) is 3. The summed E-state index contributed by atoms with van der Waals surface area (Å²) in [6.45, 7) is 8.84. The molecule has 1 amide bonds. The Hall–Kier alpha value is -1.79. The molecule has 2 aliphatic heterocycles. The summed E-state index contributed by atoms with van der Waals surface area (Å²) in [5.74, 6) is -0.681. The van der Waals surface area contributed by atoms with Crippen LogP contribution in [-0.2, 0) is 19.0 Å². The molecule has 12 unspecified atom stereocenters. The summed E-state index contributed by atoms with van der Waals surface area (Å²) in [5, 5.41) is 44.5. The number of carbonyl (C=O) groups excluding carboxylic acids is 1. The van der Waals surface area contributed by atoms with E-state index in [9.17, 15) is 25.0 Å². The van der Waals surface area contributed by atoms with Crippen LogP contribution in [0.4, 0.5) is 0 Å². The van der Waals surface area contributed by atoms with Crippen molar-refractivity contribution < 1.29 is 34.3 Å². The van der Waals surface area contributed by atoms with Crippen molar-refractivity contribution in [2.24, 2.45) is 39.6 Å². The molecule has 44 heavy (non-hydrogen) atoms. The molecule has 0 radical (unpaired) electrons. The van der Waals surface area contributed by atoms with E-state index in [1.807, 2.05) is 13.0 Å². The third kappa shape index (κ3) is 8.51. The van der Waals surface area contributed by atoms with Crippen LogP contribution in [0, 0.1) is 22.2 Å². The molecule has 3 aliphatic rings. The van der Waals surface area contributed by atoms with Gasteiger partial charge in [0.15, 0.2) is 6.29 Å². The SMILES string of the molecule is CCC1CC(NC(=O)C(O)CN)C(OC2OCC(C)(O)C(NC)C2O)C(N=O)C1C1OC(CNCC(C)(C)CN)=CCC1N. The Labute approximate surface area is 259 Å². The monoisotopic (exact) mass is 629 g/mol. The number of nitroso groups, excluding NO2 is 1. The summed E-state index contributed by atoms with van der Waals surface area (Å²) >= 11 is 0. The van der Waals surface area contributed by atoms with Crippen molar-refractivity contribution in [1.29, 1.82) is 0 Å². The lowest BCUT2D eigenvalue weighted by atomic mass is 9.67. The van der Waals surface area contributed by atoms with Crippen LogP contribution in [0.3, 0.4) is 0 Å². The van der Waals surface area contributed by atoms with Gasteiger partial charge in [-0.05, 0) is 50.8 Å². The highest BCUT2D eigenvalue weighted by Crippen LogP contribution is 2.43. The van der Waals surface area contributed by atoms with Crippen molar-refractivity contribution in [3.63, 3.8) is 0 Å². The summed E-state index contributed by atoms with van der Waals surface area (Å²) in [7, 11) is 1.60. The number of aliphatic hydroxyl groups excluding tert-OH is 2. The topological polar surface area (TPSA) is 249 Å². The molecule has 0 spiro atoms. The first-order chi connectivity index (χ1) is 20.7. The molecule has 1 saturated carbocycles. The quantitative estimate of drug-likeness (QED) is 0.0943. The molecule has 1 aliphatic carbocycles. The lowest BCUT2D eigenvalue weighted by Gasteiger charge is -2.50.